The van der Waals surface area contributed by atoms with Gasteiger partial charge >= 0.3 is 0 Å². The largest absolute Gasteiger partial charge is 0.469 e. The number of furan rings is 1. The van der Waals surface area contributed by atoms with E-state index < -0.39 is 5.60 Å². The summed E-state index contributed by atoms with van der Waals surface area (Å²) in [6, 6.07) is 1.89. The van der Waals surface area contributed by atoms with E-state index in [-0.39, 0.29) is 0 Å². The average molecular weight is 204 g/mol. The van der Waals surface area contributed by atoms with Gasteiger partial charge in [-0.2, -0.15) is 0 Å². The van der Waals surface area contributed by atoms with Crippen molar-refractivity contribution in [2.24, 2.45) is 0 Å². The zero-order valence-electron chi connectivity index (χ0n) is 8.83. The summed E-state index contributed by atoms with van der Waals surface area (Å²) in [6.07, 6.45) is 12.0. The number of aryl methyl sites for hydroxylation is 1. The number of rotatable bonds is 3. The Morgan fingerprint density at radius 1 is 1.60 bits per heavy atom. The van der Waals surface area contributed by atoms with E-state index >= 15 is 0 Å². The quantitative estimate of drug-likeness (QED) is 0.606. The molecule has 1 aromatic rings. The van der Waals surface area contributed by atoms with Crippen LogP contribution >= 0.6 is 0 Å². The fourth-order valence-electron chi connectivity index (χ4n) is 2.37. The normalized spacial score (nSPS) is 24.5. The molecule has 1 aromatic heterocycles. The highest BCUT2D eigenvalue weighted by Gasteiger charge is 2.35. The van der Waals surface area contributed by atoms with Gasteiger partial charge in [-0.05, 0) is 31.7 Å². The molecule has 0 bridgehead atoms. The van der Waals surface area contributed by atoms with Crippen LogP contribution in [-0.4, -0.2) is 5.11 Å². The molecule has 2 rings (SSSR count). The van der Waals surface area contributed by atoms with Crippen LogP contribution in [0.2, 0.25) is 0 Å². The molecule has 0 aromatic carbocycles. The van der Waals surface area contributed by atoms with Crippen molar-refractivity contribution in [3.63, 3.8) is 0 Å². The molecule has 1 unspecified atom stereocenters. The van der Waals surface area contributed by atoms with E-state index in [1.165, 1.54) is 0 Å². The molecule has 0 spiro atoms. The topological polar surface area (TPSA) is 33.4 Å². The predicted octanol–water partition coefficient (Wildman–Crippen LogP) is 2.61. The molecule has 1 N–H and O–H groups in total. The van der Waals surface area contributed by atoms with E-state index in [1.807, 2.05) is 6.07 Å². The second-order valence-electron chi connectivity index (χ2n) is 4.20. The summed E-state index contributed by atoms with van der Waals surface area (Å²) in [5.74, 6) is 3.56. The third kappa shape index (κ3) is 1.93. The molecule has 15 heavy (non-hydrogen) atoms. The molecule has 1 aliphatic carbocycles. The molecule has 0 saturated carbocycles. The van der Waals surface area contributed by atoms with Crippen LogP contribution in [0.5, 0.6) is 0 Å². The maximum absolute atomic E-state index is 10.5. The lowest BCUT2D eigenvalue weighted by molar-refractivity contribution is 0.00648. The first-order valence-electron chi connectivity index (χ1n) is 5.49. The van der Waals surface area contributed by atoms with E-state index in [0.29, 0.717) is 0 Å². The first-order chi connectivity index (χ1) is 7.26. The Morgan fingerprint density at radius 2 is 2.47 bits per heavy atom. The van der Waals surface area contributed by atoms with Gasteiger partial charge in [-0.25, -0.2) is 0 Å². The van der Waals surface area contributed by atoms with Crippen LogP contribution in [0.25, 0.3) is 0 Å². The van der Waals surface area contributed by atoms with Gasteiger partial charge in [0.05, 0.1) is 11.9 Å². The van der Waals surface area contributed by atoms with Crippen molar-refractivity contribution < 1.29 is 9.52 Å². The lowest BCUT2D eigenvalue weighted by atomic mass is 9.79. The first kappa shape index (κ1) is 10.3. The highest BCUT2D eigenvalue weighted by atomic mass is 16.3. The fourth-order valence-corrected chi connectivity index (χ4v) is 2.37. The minimum atomic E-state index is -0.697. The monoisotopic (exact) mass is 204 g/mol. The summed E-state index contributed by atoms with van der Waals surface area (Å²) < 4.78 is 5.36. The minimum absolute atomic E-state index is 0.697. The molecule has 2 heteroatoms. The minimum Gasteiger partial charge on any atom is -0.469 e. The Morgan fingerprint density at radius 3 is 3.27 bits per heavy atom. The second-order valence-corrected chi connectivity index (χ2v) is 4.20. The van der Waals surface area contributed by atoms with Crippen LogP contribution in [0.3, 0.4) is 0 Å². The van der Waals surface area contributed by atoms with Gasteiger partial charge in [0.15, 0.2) is 0 Å². The average Bonchev–Trinajstić information content (AvgIpc) is 2.68. The number of terminal acetylenes is 1. The Hall–Kier alpha value is -1.20. The fraction of sp³-hybridized carbons (Fsp3) is 0.538. The molecule has 0 radical (unpaired) electrons. The Labute approximate surface area is 90.3 Å². The third-order valence-corrected chi connectivity index (χ3v) is 3.15. The Balaban J connectivity index is 2.13. The maximum Gasteiger partial charge on any atom is 0.109 e. The molecule has 0 amide bonds. The SMILES string of the molecule is C#CCCCC1(O)CCCc2occc21. The Bertz CT molecular complexity index is 372. The molecule has 0 fully saturated rings. The first-order valence-corrected chi connectivity index (χ1v) is 5.49. The molecule has 1 aliphatic rings. The van der Waals surface area contributed by atoms with Crippen molar-refractivity contribution in [1.82, 2.24) is 0 Å². The number of hydrogen-bond acceptors (Lipinski definition) is 2. The number of fused-ring (bicyclic) bond motifs is 1. The standard InChI is InChI=1S/C13H16O2/c1-2-3-4-8-13(14)9-5-6-12-11(13)7-10-15-12/h1,7,10,14H,3-6,8-9H2. The summed E-state index contributed by atoms with van der Waals surface area (Å²) in [7, 11) is 0. The lowest BCUT2D eigenvalue weighted by Gasteiger charge is -2.31. The number of hydrogen-bond donors (Lipinski definition) is 1. The van der Waals surface area contributed by atoms with Crippen LogP contribution in [0.1, 0.15) is 43.4 Å². The van der Waals surface area contributed by atoms with Crippen LogP contribution in [-0.2, 0) is 12.0 Å². The van der Waals surface area contributed by atoms with Gasteiger partial charge < -0.3 is 9.52 Å². The van der Waals surface area contributed by atoms with Gasteiger partial charge in [-0.1, -0.05) is 0 Å². The summed E-state index contributed by atoms with van der Waals surface area (Å²) in [5, 5.41) is 10.5. The van der Waals surface area contributed by atoms with Crippen molar-refractivity contribution in [2.75, 3.05) is 0 Å². The predicted molar refractivity (Wildman–Crippen MR) is 58.2 cm³/mol. The highest BCUT2D eigenvalue weighted by molar-refractivity contribution is 5.27. The summed E-state index contributed by atoms with van der Waals surface area (Å²) >= 11 is 0. The molecule has 1 atom stereocenters. The summed E-state index contributed by atoms with van der Waals surface area (Å²) in [5.41, 5.74) is 0.281. The van der Waals surface area contributed by atoms with Crippen molar-refractivity contribution in [2.45, 2.75) is 44.1 Å². The van der Waals surface area contributed by atoms with Gasteiger partial charge in [0.25, 0.3) is 0 Å². The van der Waals surface area contributed by atoms with Gasteiger partial charge in [-0.3, -0.25) is 0 Å². The maximum atomic E-state index is 10.5. The van der Waals surface area contributed by atoms with E-state index in [9.17, 15) is 5.11 Å². The van der Waals surface area contributed by atoms with Crippen LogP contribution in [0.15, 0.2) is 16.7 Å². The molecule has 80 valence electrons. The van der Waals surface area contributed by atoms with Gasteiger partial charge in [0.2, 0.25) is 0 Å². The smallest absolute Gasteiger partial charge is 0.109 e. The van der Waals surface area contributed by atoms with Crippen LogP contribution in [0.4, 0.5) is 0 Å². The molecular formula is C13H16O2. The lowest BCUT2D eigenvalue weighted by Crippen LogP contribution is -2.29. The molecule has 0 aliphatic heterocycles. The van der Waals surface area contributed by atoms with E-state index in [4.69, 9.17) is 10.8 Å². The summed E-state index contributed by atoms with van der Waals surface area (Å²) in [4.78, 5) is 0. The number of unbranched alkanes of at least 4 members (excludes halogenated alkanes) is 1. The van der Waals surface area contributed by atoms with E-state index in [0.717, 1.165) is 49.8 Å². The molecule has 2 nitrogen and oxygen atoms in total. The van der Waals surface area contributed by atoms with Crippen molar-refractivity contribution in [1.29, 1.82) is 0 Å². The van der Waals surface area contributed by atoms with Crippen molar-refractivity contribution >= 4 is 0 Å². The van der Waals surface area contributed by atoms with Crippen LogP contribution < -0.4 is 0 Å². The van der Waals surface area contributed by atoms with Crippen LogP contribution in [0, 0.1) is 12.3 Å². The molecule has 0 saturated heterocycles. The van der Waals surface area contributed by atoms with Crippen molar-refractivity contribution in [3.8, 4) is 12.3 Å². The number of aliphatic hydroxyl groups is 1. The third-order valence-electron chi connectivity index (χ3n) is 3.15. The van der Waals surface area contributed by atoms with Gasteiger partial charge in [0.1, 0.15) is 5.76 Å². The zero-order valence-corrected chi connectivity index (χ0v) is 8.83. The highest BCUT2D eigenvalue weighted by Crippen LogP contribution is 2.39. The van der Waals surface area contributed by atoms with E-state index in [2.05, 4.69) is 5.92 Å². The van der Waals surface area contributed by atoms with Crippen molar-refractivity contribution in [3.05, 3.63) is 23.7 Å². The summed E-state index contributed by atoms with van der Waals surface area (Å²) in [6.45, 7) is 0. The second kappa shape index (κ2) is 4.12. The molecular weight excluding hydrogens is 188 g/mol. The zero-order chi connectivity index (χ0) is 10.7. The Kier molecular flexibility index (Phi) is 2.83. The van der Waals surface area contributed by atoms with Gasteiger partial charge in [0, 0.05) is 18.4 Å². The van der Waals surface area contributed by atoms with E-state index in [1.54, 1.807) is 6.26 Å². The molecule has 1 heterocycles. The van der Waals surface area contributed by atoms with Gasteiger partial charge in [-0.15, -0.1) is 12.3 Å².